The summed E-state index contributed by atoms with van der Waals surface area (Å²) in [6, 6.07) is 16.9. The Hall–Kier alpha value is -2.88. The van der Waals surface area contributed by atoms with Crippen LogP contribution in [0.4, 0.5) is 10.1 Å². The molecule has 4 rings (SSSR count). The third kappa shape index (κ3) is 5.11. The molecule has 1 aliphatic rings. The fourth-order valence-electron chi connectivity index (χ4n) is 3.34. The Morgan fingerprint density at radius 2 is 1.76 bits per heavy atom. The van der Waals surface area contributed by atoms with Crippen LogP contribution in [0, 0.1) is 5.82 Å². The minimum atomic E-state index is -0.303. The normalized spacial score (nSPS) is 14.6. The monoisotopic (exact) mass is 559 g/mol. The van der Waals surface area contributed by atoms with Gasteiger partial charge >= 0.3 is 0 Å². The van der Waals surface area contributed by atoms with Crippen molar-refractivity contribution < 1.29 is 23.4 Å². The Labute approximate surface area is 214 Å². The molecule has 0 saturated carbocycles. The maximum absolute atomic E-state index is 13.2. The van der Waals surface area contributed by atoms with Crippen LogP contribution < -0.4 is 19.1 Å². The van der Waals surface area contributed by atoms with Crippen molar-refractivity contribution in [2.24, 2.45) is 0 Å². The molecule has 34 heavy (non-hydrogen) atoms. The molecule has 0 unspecified atom stereocenters. The molecule has 0 radical (unpaired) electrons. The molecule has 1 heterocycles. The number of thiocarbonyl (C=S) groups is 1. The third-order valence-electron chi connectivity index (χ3n) is 4.97. The number of para-hydroxylation sites is 2. The molecule has 0 aromatic heterocycles. The maximum atomic E-state index is 13.2. The summed E-state index contributed by atoms with van der Waals surface area (Å²) in [5, 5.41) is 0. The van der Waals surface area contributed by atoms with Crippen molar-refractivity contribution in [3.8, 4) is 17.2 Å². The van der Waals surface area contributed by atoms with Gasteiger partial charge in [-0.2, -0.15) is 0 Å². The highest BCUT2D eigenvalue weighted by molar-refractivity contribution is 9.10. The van der Waals surface area contributed by atoms with E-state index >= 15 is 0 Å². The molecule has 3 aromatic rings. The third-order valence-corrected chi connectivity index (χ3v) is 6.86. The van der Waals surface area contributed by atoms with Crippen LogP contribution in [0.1, 0.15) is 11.1 Å². The summed E-state index contributed by atoms with van der Waals surface area (Å²) >= 11 is 10.2. The first-order valence-corrected chi connectivity index (χ1v) is 12.1. The average molecular weight is 560 g/mol. The molecule has 0 N–H and O–H groups in total. The number of carbonyl (C=O) groups is 1. The zero-order valence-electron chi connectivity index (χ0n) is 18.2. The summed E-state index contributed by atoms with van der Waals surface area (Å²) in [4.78, 5) is 15.1. The molecule has 1 aliphatic heterocycles. The number of ether oxygens (including phenoxy) is 3. The van der Waals surface area contributed by atoms with Crippen LogP contribution in [0.15, 0.2) is 70.0 Å². The number of hydrogen-bond acceptors (Lipinski definition) is 6. The number of hydrogen-bond donors (Lipinski definition) is 0. The number of amides is 1. The lowest BCUT2D eigenvalue weighted by Crippen LogP contribution is -2.27. The van der Waals surface area contributed by atoms with Crippen LogP contribution in [-0.2, 0) is 11.4 Å². The highest BCUT2D eigenvalue weighted by Gasteiger charge is 2.35. The Balaban J connectivity index is 1.59. The molecule has 174 valence electrons. The van der Waals surface area contributed by atoms with Crippen LogP contribution in [0.5, 0.6) is 17.2 Å². The van der Waals surface area contributed by atoms with E-state index in [1.54, 1.807) is 43.5 Å². The van der Waals surface area contributed by atoms with Gasteiger partial charge in [-0.3, -0.25) is 9.69 Å². The summed E-state index contributed by atoms with van der Waals surface area (Å²) in [5.74, 6) is 1.02. The SMILES string of the molecule is COc1ccccc1N1C(=O)/C(=C\c2cc(Br)c(OCc3ccc(F)cc3)c(OC)c2)SC1=S. The Morgan fingerprint density at radius 3 is 2.47 bits per heavy atom. The standard InChI is InChI=1S/C25H19BrFNO4S2/c1-30-20-6-4-3-5-19(20)28-24(29)22(34-25(28)33)13-16-11-18(26)23(21(12-16)31-2)32-14-15-7-9-17(27)10-8-15/h3-13H,14H2,1-2H3/b22-13+. The maximum Gasteiger partial charge on any atom is 0.270 e. The van der Waals surface area contributed by atoms with Crippen molar-refractivity contribution in [3.05, 3.63) is 87.0 Å². The molecule has 9 heteroatoms. The molecule has 0 aliphatic carbocycles. The first-order valence-electron chi connectivity index (χ1n) is 10.1. The Morgan fingerprint density at radius 1 is 1.06 bits per heavy atom. The van der Waals surface area contributed by atoms with Gasteiger partial charge in [0.15, 0.2) is 15.8 Å². The fraction of sp³-hybridized carbons (Fsp3) is 0.120. The summed E-state index contributed by atoms with van der Waals surface area (Å²) < 4.78 is 31.0. The van der Waals surface area contributed by atoms with Crippen molar-refractivity contribution >= 4 is 61.9 Å². The number of halogens is 2. The van der Waals surface area contributed by atoms with E-state index in [9.17, 15) is 9.18 Å². The first kappa shape index (κ1) is 24.3. The van der Waals surface area contributed by atoms with E-state index in [4.69, 9.17) is 26.4 Å². The predicted molar refractivity (Wildman–Crippen MR) is 140 cm³/mol. The lowest BCUT2D eigenvalue weighted by molar-refractivity contribution is -0.113. The Bertz CT molecular complexity index is 1280. The van der Waals surface area contributed by atoms with Crippen LogP contribution in [-0.4, -0.2) is 24.4 Å². The van der Waals surface area contributed by atoms with Crippen LogP contribution in [0.2, 0.25) is 0 Å². The number of benzene rings is 3. The summed E-state index contributed by atoms with van der Waals surface area (Å²) in [7, 11) is 3.09. The highest BCUT2D eigenvalue weighted by atomic mass is 79.9. The van der Waals surface area contributed by atoms with Gasteiger partial charge in [-0.15, -0.1) is 0 Å². The van der Waals surface area contributed by atoms with Gasteiger partial charge in [-0.25, -0.2) is 4.39 Å². The van der Waals surface area contributed by atoms with Crippen molar-refractivity contribution in [2.45, 2.75) is 6.61 Å². The lowest BCUT2D eigenvalue weighted by atomic mass is 10.1. The zero-order chi connectivity index (χ0) is 24.2. The molecule has 5 nitrogen and oxygen atoms in total. The number of methoxy groups -OCH3 is 2. The van der Waals surface area contributed by atoms with Gasteiger partial charge < -0.3 is 14.2 Å². The van der Waals surface area contributed by atoms with E-state index < -0.39 is 0 Å². The smallest absolute Gasteiger partial charge is 0.270 e. The van der Waals surface area contributed by atoms with Gasteiger partial charge in [0.25, 0.3) is 5.91 Å². The quantitative estimate of drug-likeness (QED) is 0.240. The zero-order valence-corrected chi connectivity index (χ0v) is 21.4. The van der Waals surface area contributed by atoms with Gasteiger partial charge in [0.2, 0.25) is 0 Å². The van der Waals surface area contributed by atoms with Crippen molar-refractivity contribution in [2.75, 3.05) is 19.1 Å². The van der Waals surface area contributed by atoms with E-state index in [2.05, 4.69) is 15.9 Å². The van der Waals surface area contributed by atoms with Gasteiger partial charge in [0.1, 0.15) is 18.2 Å². The van der Waals surface area contributed by atoms with E-state index in [1.165, 1.54) is 35.9 Å². The second kappa shape index (κ2) is 10.6. The largest absolute Gasteiger partial charge is 0.495 e. The van der Waals surface area contributed by atoms with E-state index in [-0.39, 0.29) is 18.3 Å². The molecule has 0 atom stereocenters. The van der Waals surface area contributed by atoms with E-state index in [0.717, 1.165) is 11.1 Å². The van der Waals surface area contributed by atoms with Crippen molar-refractivity contribution in [1.82, 2.24) is 0 Å². The van der Waals surface area contributed by atoms with Crippen molar-refractivity contribution in [3.63, 3.8) is 0 Å². The van der Waals surface area contributed by atoms with Crippen molar-refractivity contribution in [1.29, 1.82) is 0 Å². The minimum Gasteiger partial charge on any atom is -0.495 e. The number of nitrogens with zero attached hydrogens (tertiary/aromatic N) is 1. The minimum absolute atomic E-state index is 0.230. The lowest BCUT2D eigenvalue weighted by Gasteiger charge is -2.17. The first-order chi connectivity index (χ1) is 16.4. The number of thioether (sulfide) groups is 1. The van der Waals surface area contributed by atoms with Gasteiger partial charge in [-0.05, 0) is 69.5 Å². The second-order valence-electron chi connectivity index (χ2n) is 7.14. The molecule has 0 bridgehead atoms. The Kier molecular flexibility index (Phi) is 7.55. The molecule has 0 spiro atoms. The summed E-state index contributed by atoms with van der Waals surface area (Å²) in [6.45, 7) is 0.242. The van der Waals surface area contributed by atoms with Crippen LogP contribution >= 0.6 is 39.9 Å². The van der Waals surface area contributed by atoms with E-state index in [1.807, 2.05) is 18.2 Å². The average Bonchev–Trinajstić information content (AvgIpc) is 3.11. The van der Waals surface area contributed by atoms with Gasteiger partial charge in [-0.1, -0.05) is 48.2 Å². The van der Waals surface area contributed by atoms with E-state index in [0.29, 0.717) is 36.6 Å². The number of carbonyl (C=O) groups excluding carboxylic acids is 1. The van der Waals surface area contributed by atoms with Gasteiger partial charge in [0, 0.05) is 0 Å². The number of anilines is 1. The predicted octanol–water partition coefficient (Wildman–Crippen LogP) is 6.59. The molecule has 1 saturated heterocycles. The van der Waals surface area contributed by atoms with Crippen LogP contribution in [0.25, 0.3) is 6.08 Å². The molecule has 1 amide bonds. The van der Waals surface area contributed by atoms with Crippen LogP contribution in [0.3, 0.4) is 0 Å². The molecular formula is C25H19BrFNO4S2. The molecular weight excluding hydrogens is 541 g/mol. The molecule has 3 aromatic carbocycles. The second-order valence-corrected chi connectivity index (χ2v) is 9.67. The highest BCUT2D eigenvalue weighted by Crippen LogP contribution is 2.42. The van der Waals surface area contributed by atoms with Gasteiger partial charge in [0.05, 0.1) is 29.3 Å². The topological polar surface area (TPSA) is 48.0 Å². The fourth-order valence-corrected chi connectivity index (χ4v) is 5.20. The number of rotatable bonds is 7. The molecule has 1 fully saturated rings. The summed E-state index contributed by atoms with van der Waals surface area (Å²) in [6.07, 6.45) is 1.76. The summed E-state index contributed by atoms with van der Waals surface area (Å²) in [5.41, 5.74) is 2.15.